The van der Waals surface area contributed by atoms with Crippen LogP contribution in [-0.4, -0.2) is 20.3 Å². The van der Waals surface area contributed by atoms with Gasteiger partial charge in [-0.05, 0) is 30.5 Å². The van der Waals surface area contributed by atoms with Crippen molar-refractivity contribution >= 4 is 0 Å². The van der Waals surface area contributed by atoms with Gasteiger partial charge in [0.05, 0.1) is 6.61 Å². The molecule has 0 bridgehead atoms. The monoisotopic (exact) mass is 193 g/mol. The van der Waals surface area contributed by atoms with E-state index in [0.717, 1.165) is 12.2 Å². The van der Waals surface area contributed by atoms with Crippen LogP contribution in [0.4, 0.5) is 0 Å². The van der Waals surface area contributed by atoms with E-state index in [0.29, 0.717) is 13.2 Å². The largest absolute Gasteiger partial charge is 0.491 e. The molecule has 0 aliphatic heterocycles. The lowest BCUT2D eigenvalue weighted by atomic mass is 10.1. The van der Waals surface area contributed by atoms with E-state index in [-0.39, 0.29) is 0 Å². The van der Waals surface area contributed by atoms with Crippen molar-refractivity contribution in [3.8, 4) is 5.75 Å². The first-order valence-electron chi connectivity index (χ1n) is 4.85. The van der Waals surface area contributed by atoms with Gasteiger partial charge in [-0.1, -0.05) is 19.1 Å². The number of ether oxygens (including phenoxy) is 2. The van der Waals surface area contributed by atoms with Gasteiger partial charge < -0.3 is 9.47 Å². The molecule has 0 aliphatic carbocycles. The number of hydrogen-bond donors (Lipinski definition) is 0. The quantitative estimate of drug-likeness (QED) is 0.646. The van der Waals surface area contributed by atoms with Crippen LogP contribution in [0, 0.1) is 6.42 Å². The number of hydrogen-bond acceptors (Lipinski definition) is 2. The van der Waals surface area contributed by atoms with E-state index in [9.17, 15) is 0 Å². The Kier molecular flexibility index (Phi) is 5.08. The molecular formula is C12H17O2. The van der Waals surface area contributed by atoms with Crippen molar-refractivity contribution in [3.05, 3.63) is 36.2 Å². The maximum atomic E-state index is 5.49. The maximum Gasteiger partial charge on any atom is 0.119 e. The molecular weight excluding hydrogens is 176 g/mol. The summed E-state index contributed by atoms with van der Waals surface area (Å²) in [5.74, 6) is 0.918. The van der Waals surface area contributed by atoms with Crippen molar-refractivity contribution < 1.29 is 9.47 Å². The Morgan fingerprint density at radius 3 is 2.86 bits per heavy atom. The van der Waals surface area contributed by atoms with Crippen molar-refractivity contribution in [2.24, 2.45) is 0 Å². The molecule has 0 heterocycles. The smallest absolute Gasteiger partial charge is 0.119 e. The van der Waals surface area contributed by atoms with E-state index >= 15 is 0 Å². The topological polar surface area (TPSA) is 18.5 Å². The van der Waals surface area contributed by atoms with Crippen LogP contribution in [-0.2, 0) is 11.2 Å². The predicted molar refractivity (Wildman–Crippen MR) is 57.5 cm³/mol. The molecule has 1 aromatic rings. The van der Waals surface area contributed by atoms with Gasteiger partial charge in [0.1, 0.15) is 12.4 Å². The minimum Gasteiger partial charge on any atom is -0.491 e. The molecule has 2 nitrogen and oxygen atoms in total. The number of benzene rings is 1. The minimum absolute atomic E-state index is 0.607. The number of rotatable bonds is 6. The molecule has 1 radical (unpaired) electrons. The van der Waals surface area contributed by atoms with Crippen LogP contribution in [0.15, 0.2) is 24.3 Å². The summed E-state index contributed by atoms with van der Waals surface area (Å²) in [6.45, 7) is 3.29. The highest BCUT2D eigenvalue weighted by Crippen LogP contribution is 2.14. The molecule has 0 aromatic heterocycles. The Morgan fingerprint density at radius 2 is 2.14 bits per heavy atom. The molecule has 0 N–H and O–H groups in total. The van der Waals surface area contributed by atoms with Gasteiger partial charge in [-0.15, -0.1) is 0 Å². The van der Waals surface area contributed by atoms with Crippen LogP contribution >= 0.6 is 0 Å². The van der Waals surface area contributed by atoms with E-state index in [1.807, 2.05) is 12.1 Å². The molecule has 0 spiro atoms. The summed E-state index contributed by atoms with van der Waals surface area (Å²) in [6.07, 6.45) is 3.12. The average Bonchev–Trinajstić information content (AvgIpc) is 2.19. The zero-order valence-electron chi connectivity index (χ0n) is 8.82. The summed E-state index contributed by atoms with van der Waals surface area (Å²) in [7, 11) is 1.67. The van der Waals surface area contributed by atoms with Crippen molar-refractivity contribution in [1.82, 2.24) is 0 Å². The molecule has 0 unspecified atom stereocenters. The third-order valence-electron chi connectivity index (χ3n) is 1.89. The molecule has 0 amide bonds. The summed E-state index contributed by atoms with van der Waals surface area (Å²) in [5, 5.41) is 0. The van der Waals surface area contributed by atoms with Gasteiger partial charge >= 0.3 is 0 Å². The molecule has 1 rings (SSSR count). The van der Waals surface area contributed by atoms with E-state index in [4.69, 9.17) is 9.47 Å². The Morgan fingerprint density at radius 1 is 1.29 bits per heavy atom. The van der Waals surface area contributed by atoms with Gasteiger partial charge in [-0.2, -0.15) is 0 Å². The van der Waals surface area contributed by atoms with Gasteiger partial charge in [0.2, 0.25) is 0 Å². The van der Waals surface area contributed by atoms with E-state index in [1.165, 1.54) is 5.56 Å². The third-order valence-corrected chi connectivity index (χ3v) is 1.89. The summed E-state index contributed by atoms with van der Waals surface area (Å²) in [4.78, 5) is 0. The van der Waals surface area contributed by atoms with Gasteiger partial charge in [-0.3, -0.25) is 0 Å². The summed E-state index contributed by atoms with van der Waals surface area (Å²) >= 11 is 0. The Balaban J connectivity index is 2.46. The zero-order valence-corrected chi connectivity index (χ0v) is 8.82. The second-order valence-electron chi connectivity index (χ2n) is 3.10. The third kappa shape index (κ3) is 3.79. The van der Waals surface area contributed by atoms with Crippen LogP contribution < -0.4 is 4.74 Å². The molecule has 14 heavy (non-hydrogen) atoms. The van der Waals surface area contributed by atoms with Gasteiger partial charge in [-0.25, -0.2) is 0 Å². The standard InChI is InChI=1S/C12H17O2/c1-3-5-11-6-4-7-12(10-11)14-9-8-13-2/h3-4,6-7,10H,5,8-9H2,1-2H3. The first-order valence-corrected chi connectivity index (χ1v) is 4.85. The summed E-state index contributed by atoms with van der Waals surface area (Å²) in [6, 6.07) is 8.15. The molecule has 1 aromatic carbocycles. The molecule has 0 atom stereocenters. The van der Waals surface area contributed by atoms with Gasteiger partial charge in [0, 0.05) is 7.11 Å². The maximum absolute atomic E-state index is 5.49. The van der Waals surface area contributed by atoms with Crippen LogP contribution in [0.3, 0.4) is 0 Å². The Labute approximate surface area is 85.8 Å². The second kappa shape index (κ2) is 6.44. The van der Waals surface area contributed by atoms with E-state index < -0.39 is 0 Å². The van der Waals surface area contributed by atoms with Gasteiger partial charge in [0.15, 0.2) is 0 Å². The van der Waals surface area contributed by atoms with Gasteiger partial charge in [0.25, 0.3) is 0 Å². The average molecular weight is 193 g/mol. The lowest BCUT2D eigenvalue weighted by Crippen LogP contribution is -2.04. The minimum atomic E-state index is 0.607. The predicted octanol–water partition coefficient (Wildman–Crippen LogP) is 2.48. The van der Waals surface area contributed by atoms with Crippen LogP contribution in [0.25, 0.3) is 0 Å². The lowest BCUT2D eigenvalue weighted by molar-refractivity contribution is 0.146. The van der Waals surface area contributed by atoms with Crippen molar-refractivity contribution in [2.45, 2.75) is 13.3 Å². The molecule has 0 fully saturated rings. The molecule has 0 saturated heterocycles. The Hall–Kier alpha value is -1.02. The highest BCUT2D eigenvalue weighted by atomic mass is 16.5. The fraction of sp³-hybridized carbons (Fsp3) is 0.417. The van der Waals surface area contributed by atoms with E-state index in [1.54, 1.807) is 7.11 Å². The molecule has 0 saturated carbocycles. The highest BCUT2D eigenvalue weighted by molar-refractivity contribution is 5.29. The van der Waals surface area contributed by atoms with Crippen LogP contribution in [0.1, 0.15) is 12.5 Å². The summed E-state index contributed by atoms with van der Waals surface area (Å²) < 4.78 is 10.4. The molecule has 0 aliphatic rings. The molecule has 77 valence electrons. The van der Waals surface area contributed by atoms with Crippen molar-refractivity contribution in [2.75, 3.05) is 20.3 Å². The van der Waals surface area contributed by atoms with Crippen molar-refractivity contribution in [1.29, 1.82) is 0 Å². The molecule has 2 heteroatoms. The first kappa shape index (κ1) is 11.1. The van der Waals surface area contributed by atoms with Crippen LogP contribution in [0.2, 0.25) is 0 Å². The fourth-order valence-electron chi connectivity index (χ4n) is 1.24. The second-order valence-corrected chi connectivity index (χ2v) is 3.10. The fourth-order valence-corrected chi connectivity index (χ4v) is 1.24. The Bertz CT molecular complexity index is 258. The van der Waals surface area contributed by atoms with E-state index in [2.05, 4.69) is 25.5 Å². The summed E-state index contributed by atoms with van der Waals surface area (Å²) in [5.41, 5.74) is 1.28. The normalized spacial score (nSPS) is 10.1. The zero-order chi connectivity index (χ0) is 10.2. The lowest BCUT2D eigenvalue weighted by Gasteiger charge is -2.06. The van der Waals surface area contributed by atoms with Crippen LogP contribution in [0.5, 0.6) is 5.75 Å². The van der Waals surface area contributed by atoms with Crippen molar-refractivity contribution in [3.63, 3.8) is 0 Å². The number of methoxy groups -OCH3 is 1. The first-order chi connectivity index (χ1) is 6.86. The highest BCUT2D eigenvalue weighted by Gasteiger charge is 1.95. The SMILES string of the molecule is C[CH]Cc1cccc(OCCOC)c1.